The molecule has 34 heavy (non-hydrogen) atoms. The molecule has 9 nitrogen and oxygen atoms in total. The minimum absolute atomic E-state index is 0.0789. The van der Waals surface area contributed by atoms with Gasteiger partial charge >= 0.3 is 6.03 Å². The van der Waals surface area contributed by atoms with E-state index in [1.54, 1.807) is 0 Å². The van der Waals surface area contributed by atoms with E-state index in [9.17, 15) is 4.79 Å². The van der Waals surface area contributed by atoms with Crippen molar-refractivity contribution in [1.82, 2.24) is 20.2 Å². The summed E-state index contributed by atoms with van der Waals surface area (Å²) in [6.07, 6.45) is 0.944. The van der Waals surface area contributed by atoms with Crippen LogP contribution in [0, 0.1) is 0 Å². The van der Waals surface area contributed by atoms with Crippen LogP contribution in [0.2, 0.25) is 0 Å². The highest BCUT2D eigenvalue weighted by atomic mass is 16.5. The normalized spacial score (nSPS) is 21.2. The summed E-state index contributed by atoms with van der Waals surface area (Å²) >= 11 is 0. The van der Waals surface area contributed by atoms with Crippen molar-refractivity contribution in [2.75, 3.05) is 49.7 Å². The summed E-state index contributed by atoms with van der Waals surface area (Å²) in [6.45, 7) is 11.7. The second-order valence-electron chi connectivity index (χ2n) is 9.66. The molecule has 3 aliphatic rings. The Balaban J connectivity index is 1.44. The molecule has 1 atom stereocenters. The van der Waals surface area contributed by atoms with E-state index in [-0.39, 0.29) is 18.1 Å². The first-order valence-corrected chi connectivity index (χ1v) is 12.2. The average molecular weight is 467 g/mol. The molecule has 2 amide bonds. The third-order valence-electron chi connectivity index (χ3n) is 6.67. The molecule has 0 radical (unpaired) electrons. The summed E-state index contributed by atoms with van der Waals surface area (Å²) in [5.74, 6) is 1.76. The molecule has 0 unspecified atom stereocenters. The van der Waals surface area contributed by atoms with Gasteiger partial charge in [-0.3, -0.25) is 4.90 Å². The van der Waals surface area contributed by atoms with Crippen molar-refractivity contribution in [3.05, 3.63) is 35.5 Å². The molecule has 2 fully saturated rings. The zero-order chi connectivity index (χ0) is 23.7. The molecule has 0 saturated carbocycles. The molecule has 2 aromatic rings. The van der Waals surface area contributed by atoms with Crippen LogP contribution in [0.15, 0.2) is 24.3 Å². The van der Waals surface area contributed by atoms with Crippen molar-refractivity contribution in [1.29, 1.82) is 0 Å². The lowest BCUT2D eigenvalue weighted by molar-refractivity contribution is -0.0699. The fraction of sp³-hybridized carbons (Fsp3) is 0.560. The molecule has 1 aromatic heterocycles. The summed E-state index contributed by atoms with van der Waals surface area (Å²) in [6, 6.07) is 8.36. The number of rotatable bonds is 5. The summed E-state index contributed by atoms with van der Waals surface area (Å²) in [5.41, 5.74) is 4.04. The van der Waals surface area contributed by atoms with Crippen LogP contribution < -0.4 is 15.5 Å². The molecule has 2 N–H and O–H groups in total. The number of amides is 2. The Morgan fingerprint density at radius 3 is 2.56 bits per heavy atom. The topological polar surface area (TPSA) is 91.9 Å². The van der Waals surface area contributed by atoms with Gasteiger partial charge in [0.25, 0.3) is 0 Å². The number of morpholine rings is 1. The number of fused-ring (bicyclic) bond motifs is 1. The Morgan fingerprint density at radius 1 is 1.09 bits per heavy atom. The van der Waals surface area contributed by atoms with Crippen LogP contribution >= 0.6 is 0 Å². The molecular weight excluding hydrogens is 432 g/mol. The lowest BCUT2D eigenvalue weighted by Gasteiger charge is -2.41. The molecule has 182 valence electrons. The van der Waals surface area contributed by atoms with Crippen molar-refractivity contribution in [2.45, 2.75) is 51.9 Å². The molecule has 0 bridgehead atoms. The monoisotopic (exact) mass is 466 g/mol. The van der Waals surface area contributed by atoms with E-state index in [2.05, 4.69) is 27.4 Å². The Kier molecular flexibility index (Phi) is 6.67. The zero-order valence-corrected chi connectivity index (χ0v) is 20.2. The quantitative estimate of drug-likeness (QED) is 0.700. The number of anilines is 2. The van der Waals surface area contributed by atoms with Gasteiger partial charge in [-0.1, -0.05) is 0 Å². The van der Waals surface area contributed by atoms with E-state index < -0.39 is 0 Å². The van der Waals surface area contributed by atoms with Gasteiger partial charge in [-0.2, -0.15) is 0 Å². The molecule has 0 spiro atoms. The summed E-state index contributed by atoms with van der Waals surface area (Å²) in [7, 11) is 0. The number of benzene rings is 1. The Morgan fingerprint density at radius 2 is 1.88 bits per heavy atom. The molecule has 9 heteroatoms. The number of hydrogen-bond acceptors (Lipinski definition) is 7. The molecular formula is C25H34N6O3. The van der Waals surface area contributed by atoms with Gasteiger partial charge in [0.2, 0.25) is 0 Å². The number of ether oxygens (including phenoxy) is 2. The maximum Gasteiger partial charge on any atom is 0.319 e. The van der Waals surface area contributed by atoms with Crippen LogP contribution in [-0.4, -0.2) is 78.5 Å². The van der Waals surface area contributed by atoms with Crippen LogP contribution in [0.3, 0.4) is 0 Å². The Bertz CT molecular complexity index is 1020. The average Bonchev–Trinajstić information content (AvgIpc) is 2.77. The van der Waals surface area contributed by atoms with Gasteiger partial charge in [0.05, 0.1) is 44.2 Å². The smallest absolute Gasteiger partial charge is 0.319 e. The van der Waals surface area contributed by atoms with Crippen LogP contribution in [0.5, 0.6) is 0 Å². The van der Waals surface area contributed by atoms with Gasteiger partial charge in [0, 0.05) is 42.5 Å². The predicted octanol–water partition coefficient (Wildman–Crippen LogP) is 2.66. The highest BCUT2D eigenvalue weighted by molar-refractivity contribution is 5.89. The minimum atomic E-state index is -0.212. The van der Waals surface area contributed by atoms with Gasteiger partial charge in [0.1, 0.15) is 5.82 Å². The largest absolute Gasteiger partial charge is 0.378 e. The van der Waals surface area contributed by atoms with Crippen LogP contribution in [-0.2, 0) is 22.4 Å². The predicted molar refractivity (Wildman–Crippen MR) is 131 cm³/mol. The standard InChI is InChI=1S/C25H34N6O3/c1-16(2)26-25(32)27-19-6-4-18(5-7-19)23-28-22-12-30(20-14-34-15-20)9-8-21(22)24(29-23)31-10-11-33-13-17(31)3/h4-7,16-17,20H,8-15H2,1-3H3,(H2,26,27,32)/t17-/m0/s1. The molecule has 1 aromatic carbocycles. The number of aromatic nitrogens is 2. The van der Waals surface area contributed by atoms with E-state index in [0.717, 1.165) is 67.9 Å². The third kappa shape index (κ3) is 4.87. The van der Waals surface area contributed by atoms with Gasteiger partial charge in [-0.15, -0.1) is 0 Å². The van der Waals surface area contributed by atoms with Crippen LogP contribution in [0.25, 0.3) is 11.4 Å². The fourth-order valence-corrected chi connectivity index (χ4v) is 4.72. The van der Waals surface area contributed by atoms with Gasteiger partial charge in [-0.05, 0) is 51.5 Å². The first-order valence-electron chi connectivity index (χ1n) is 12.2. The van der Waals surface area contributed by atoms with Crippen molar-refractivity contribution in [3.63, 3.8) is 0 Å². The highest BCUT2D eigenvalue weighted by Crippen LogP contribution is 2.32. The number of carbonyl (C=O) groups is 1. The third-order valence-corrected chi connectivity index (χ3v) is 6.67. The number of carbonyl (C=O) groups excluding carboxylic acids is 1. The maximum atomic E-state index is 12.0. The van der Waals surface area contributed by atoms with Crippen molar-refractivity contribution >= 4 is 17.5 Å². The SMILES string of the molecule is CC(C)NC(=O)Nc1ccc(-c2nc3c(c(N4CCOC[C@@H]4C)n2)CCN(C2COC2)C3)cc1. The maximum absolute atomic E-state index is 12.0. The number of hydrogen-bond donors (Lipinski definition) is 2. The zero-order valence-electron chi connectivity index (χ0n) is 20.2. The molecule has 0 aliphatic carbocycles. The van der Waals surface area contributed by atoms with Gasteiger partial charge < -0.3 is 25.0 Å². The van der Waals surface area contributed by atoms with Gasteiger partial charge in [0.15, 0.2) is 5.82 Å². The molecule has 5 rings (SSSR count). The minimum Gasteiger partial charge on any atom is -0.378 e. The van der Waals surface area contributed by atoms with Crippen molar-refractivity contribution < 1.29 is 14.3 Å². The van der Waals surface area contributed by atoms with Crippen LogP contribution in [0.4, 0.5) is 16.3 Å². The Labute approximate surface area is 200 Å². The van der Waals surface area contributed by atoms with Gasteiger partial charge in [-0.25, -0.2) is 14.8 Å². The lowest BCUT2D eigenvalue weighted by Crippen LogP contribution is -2.51. The lowest BCUT2D eigenvalue weighted by atomic mass is 10.0. The van der Waals surface area contributed by atoms with Crippen LogP contribution in [0.1, 0.15) is 32.0 Å². The van der Waals surface area contributed by atoms with E-state index >= 15 is 0 Å². The molecule has 2 saturated heterocycles. The van der Waals surface area contributed by atoms with E-state index in [1.807, 2.05) is 38.1 Å². The summed E-state index contributed by atoms with van der Waals surface area (Å²) < 4.78 is 11.1. The molecule has 4 heterocycles. The van der Waals surface area contributed by atoms with Crippen molar-refractivity contribution in [2.24, 2.45) is 0 Å². The second kappa shape index (κ2) is 9.85. The number of nitrogens with zero attached hydrogens (tertiary/aromatic N) is 4. The Hall–Kier alpha value is -2.75. The van der Waals surface area contributed by atoms with Crippen molar-refractivity contribution in [3.8, 4) is 11.4 Å². The fourth-order valence-electron chi connectivity index (χ4n) is 4.72. The number of nitrogens with one attached hydrogen (secondary N) is 2. The summed E-state index contributed by atoms with van der Waals surface area (Å²) in [4.78, 5) is 27.0. The first kappa shape index (κ1) is 23.0. The van der Waals surface area contributed by atoms with E-state index in [1.165, 1.54) is 5.56 Å². The second-order valence-corrected chi connectivity index (χ2v) is 9.66. The summed E-state index contributed by atoms with van der Waals surface area (Å²) in [5, 5.41) is 5.71. The number of urea groups is 1. The van der Waals surface area contributed by atoms with E-state index in [0.29, 0.717) is 19.3 Å². The highest BCUT2D eigenvalue weighted by Gasteiger charge is 2.33. The first-order chi connectivity index (χ1) is 16.5. The molecule has 3 aliphatic heterocycles. The van der Waals surface area contributed by atoms with E-state index in [4.69, 9.17) is 19.4 Å².